The van der Waals surface area contributed by atoms with Crippen molar-refractivity contribution in [2.24, 2.45) is 0 Å². The Morgan fingerprint density at radius 3 is 2.94 bits per heavy atom. The maximum absolute atomic E-state index is 5.91. The minimum absolute atomic E-state index is 0.587. The van der Waals surface area contributed by atoms with Crippen molar-refractivity contribution in [1.29, 1.82) is 0 Å². The lowest BCUT2D eigenvalue weighted by molar-refractivity contribution is 0.382. The minimum Gasteiger partial charge on any atom is -0.423 e. The summed E-state index contributed by atoms with van der Waals surface area (Å²) in [4.78, 5) is 6.58. The van der Waals surface area contributed by atoms with Crippen LogP contribution in [0.15, 0.2) is 22.6 Å². The van der Waals surface area contributed by atoms with Gasteiger partial charge in [-0.15, -0.1) is 0 Å². The molecule has 0 saturated heterocycles. The fraction of sp³-hybridized carbons (Fsp3) is 0.417. The van der Waals surface area contributed by atoms with Gasteiger partial charge in [-0.3, -0.25) is 0 Å². The lowest BCUT2D eigenvalue weighted by Gasteiger charge is -2.33. The molecule has 2 aromatic rings. The van der Waals surface area contributed by atoms with Crippen molar-refractivity contribution in [3.63, 3.8) is 0 Å². The van der Waals surface area contributed by atoms with Crippen molar-refractivity contribution in [2.45, 2.75) is 25.3 Å². The van der Waals surface area contributed by atoms with Crippen LogP contribution in [0.1, 0.15) is 19.3 Å². The molecule has 84 valence electrons. The normalized spacial score (nSPS) is 16.4. The van der Waals surface area contributed by atoms with Gasteiger partial charge in [-0.1, -0.05) is 11.6 Å². The summed E-state index contributed by atoms with van der Waals surface area (Å²) in [7, 11) is 2.04. The topological polar surface area (TPSA) is 29.3 Å². The molecule has 0 atom stereocenters. The number of benzene rings is 1. The first kappa shape index (κ1) is 9.97. The van der Waals surface area contributed by atoms with Gasteiger partial charge in [0.05, 0.1) is 0 Å². The van der Waals surface area contributed by atoms with Crippen LogP contribution in [0.5, 0.6) is 0 Å². The summed E-state index contributed by atoms with van der Waals surface area (Å²) >= 11 is 5.91. The van der Waals surface area contributed by atoms with Crippen LogP contribution < -0.4 is 4.90 Å². The van der Waals surface area contributed by atoms with E-state index in [0.29, 0.717) is 17.1 Å². The van der Waals surface area contributed by atoms with Gasteiger partial charge in [0, 0.05) is 24.2 Å². The summed E-state index contributed by atoms with van der Waals surface area (Å²) in [5.74, 6) is 0. The number of anilines is 1. The summed E-state index contributed by atoms with van der Waals surface area (Å²) in [5, 5.41) is 0.682. The lowest BCUT2D eigenvalue weighted by atomic mass is 9.92. The number of aromatic nitrogens is 1. The number of hydrogen-bond donors (Lipinski definition) is 0. The molecule has 0 amide bonds. The molecule has 1 aromatic heterocycles. The molecule has 0 N–H and O–H groups in total. The number of oxazole rings is 1. The summed E-state index contributed by atoms with van der Waals surface area (Å²) in [6.45, 7) is 0. The molecule has 4 heteroatoms. The van der Waals surface area contributed by atoms with Crippen LogP contribution in [0.2, 0.25) is 5.02 Å². The fourth-order valence-corrected chi connectivity index (χ4v) is 2.13. The molecule has 0 aliphatic heterocycles. The van der Waals surface area contributed by atoms with Crippen LogP contribution in [0.25, 0.3) is 11.1 Å². The second kappa shape index (κ2) is 3.67. The molecule has 16 heavy (non-hydrogen) atoms. The molecule has 1 aromatic carbocycles. The van der Waals surface area contributed by atoms with Gasteiger partial charge in [0.2, 0.25) is 0 Å². The van der Waals surface area contributed by atoms with E-state index in [9.17, 15) is 0 Å². The fourth-order valence-electron chi connectivity index (χ4n) is 1.97. The zero-order chi connectivity index (χ0) is 11.1. The predicted octanol–water partition coefficient (Wildman–Crippen LogP) is 3.47. The molecule has 3 rings (SSSR count). The van der Waals surface area contributed by atoms with Gasteiger partial charge in [-0.25, -0.2) is 0 Å². The molecule has 0 radical (unpaired) electrons. The van der Waals surface area contributed by atoms with E-state index in [1.165, 1.54) is 19.3 Å². The van der Waals surface area contributed by atoms with Crippen molar-refractivity contribution >= 4 is 28.7 Å². The maximum atomic E-state index is 5.91. The molecule has 1 heterocycles. The van der Waals surface area contributed by atoms with Gasteiger partial charge in [0.25, 0.3) is 6.01 Å². The monoisotopic (exact) mass is 236 g/mol. The van der Waals surface area contributed by atoms with Gasteiger partial charge >= 0.3 is 0 Å². The quantitative estimate of drug-likeness (QED) is 0.800. The molecule has 1 fully saturated rings. The third-order valence-electron chi connectivity index (χ3n) is 3.26. The third kappa shape index (κ3) is 1.55. The largest absolute Gasteiger partial charge is 0.423 e. The molecule has 1 aliphatic rings. The number of halogens is 1. The van der Waals surface area contributed by atoms with E-state index in [4.69, 9.17) is 16.0 Å². The zero-order valence-electron chi connectivity index (χ0n) is 9.11. The molecule has 1 aliphatic carbocycles. The van der Waals surface area contributed by atoms with Crippen molar-refractivity contribution in [3.8, 4) is 0 Å². The summed E-state index contributed by atoms with van der Waals surface area (Å²) in [6, 6.07) is 6.81. The first-order valence-electron chi connectivity index (χ1n) is 5.53. The molecule has 0 spiro atoms. The van der Waals surface area contributed by atoms with Gasteiger partial charge in [0.15, 0.2) is 5.58 Å². The van der Waals surface area contributed by atoms with Gasteiger partial charge < -0.3 is 9.32 Å². The molecule has 3 nitrogen and oxygen atoms in total. The van der Waals surface area contributed by atoms with Crippen molar-refractivity contribution in [2.75, 3.05) is 11.9 Å². The van der Waals surface area contributed by atoms with Gasteiger partial charge in [-0.05, 0) is 31.4 Å². The smallest absolute Gasteiger partial charge is 0.298 e. The Bertz CT molecular complexity index is 519. The second-order valence-electron chi connectivity index (χ2n) is 4.30. The SMILES string of the molecule is CN(c1nc2ccc(Cl)cc2o1)C1CCC1. The first-order chi connectivity index (χ1) is 7.74. The highest BCUT2D eigenvalue weighted by Crippen LogP contribution is 2.30. The van der Waals surface area contributed by atoms with E-state index in [-0.39, 0.29) is 0 Å². The van der Waals surface area contributed by atoms with E-state index in [0.717, 1.165) is 11.1 Å². The van der Waals surface area contributed by atoms with Crippen LogP contribution in [-0.2, 0) is 0 Å². The van der Waals surface area contributed by atoms with Gasteiger partial charge in [0.1, 0.15) is 5.52 Å². The number of hydrogen-bond acceptors (Lipinski definition) is 3. The van der Waals surface area contributed by atoms with E-state index >= 15 is 0 Å². The summed E-state index contributed by atoms with van der Waals surface area (Å²) < 4.78 is 5.70. The number of rotatable bonds is 2. The Morgan fingerprint density at radius 1 is 1.44 bits per heavy atom. The van der Waals surface area contributed by atoms with E-state index in [2.05, 4.69) is 9.88 Å². The molecule has 0 bridgehead atoms. The van der Waals surface area contributed by atoms with Crippen molar-refractivity contribution in [1.82, 2.24) is 4.98 Å². The Balaban J connectivity index is 1.97. The molecule has 1 saturated carbocycles. The third-order valence-corrected chi connectivity index (χ3v) is 3.50. The highest BCUT2D eigenvalue weighted by molar-refractivity contribution is 6.31. The Hall–Kier alpha value is -1.22. The van der Waals surface area contributed by atoms with Crippen LogP contribution in [0.3, 0.4) is 0 Å². The Morgan fingerprint density at radius 2 is 2.25 bits per heavy atom. The standard InChI is InChI=1S/C12H13ClN2O/c1-15(9-3-2-4-9)12-14-10-6-5-8(13)7-11(10)16-12/h5-7,9H,2-4H2,1H3. The van der Waals surface area contributed by atoms with Crippen molar-refractivity contribution < 1.29 is 4.42 Å². The minimum atomic E-state index is 0.587. The van der Waals surface area contributed by atoms with Crippen LogP contribution in [0.4, 0.5) is 6.01 Å². The average molecular weight is 237 g/mol. The first-order valence-corrected chi connectivity index (χ1v) is 5.91. The van der Waals surface area contributed by atoms with Crippen LogP contribution in [0, 0.1) is 0 Å². The second-order valence-corrected chi connectivity index (χ2v) is 4.74. The summed E-state index contributed by atoms with van der Waals surface area (Å²) in [5.41, 5.74) is 1.62. The van der Waals surface area contributed by atoms with Crippen molar-refractivity contribution in [3.05, 3.63) is 23.2 Å². The molecular formula is C12H13ClN2O. The van der Waals surface area contributed by atoms with E-state index < -0.39 is 0 Å². The Kier molecular flexibility index (Phi) is 2.28. The van der Waals surface area contributed by atoms with Gasteiger partial charge in [-0.2, -0.15) is 4.98 Å². The number of fused-ring (bicyclic) bond motifs is 1. The number of nitrogens with zero attached hydrogens (tertiary/aromatic N) is 2. The Labute approximate surface area is 99.0 Å². The maximum Gasteiger partial charge on any atom is 0.298 e. The van der Waals surface area contributed by atoms with Crippen LogP contribution >= 0.6 is 11.6 Å². The zero-order valence-corrected chi connectivity index (χ0v) is 9.87. The molecule has 0 unspecified atom stereocenters. The molecular weight excluding hydrogens is 224 g/mol. The average Bonchev–Trinajstić information content (AvgIpc) is 2.57. The summed E-state index contributed by atoms with van der Waals surface area (Å²) in [6.07, 6.45) is 3.77. The predicted molar refractivity (Wildman–Crippen MR) is 65.1 cm³/mol. The van der Waals surface area contributed by atoms with E-state index in [1.54, 1.807) is 0 Å². The van der Waals surface area contributed by atoms with E-state index in [1.807, 2.05) is 25.2 Å². The van der Waals surface area contributed by atoms with Crippen LogP contribution in [-0.4, -0.2) is 18.1 Å². The highest BCUT2D eigenvalue weighted by atomic mass is 35.5. The lowest BCUT2D eigenvalue weighted by Crippen LogP contribution is -2.37. The highest BCUT2D eigenvalue weighted by Gasteiger charge is 2.25.